The van der Waals surface area contributed by atoms with E-state index < -0.39 is 23.4 Å². The molecule has 7 nitrogen and oxygen atoms in total. The molecule has 1 N–H and O–H groups in total. The second-order valence-corrected chi connectivity index (χ2v) is 6.05. The smallest absolute Gasteiger partial charge is 0.338 e. The fourth-order valence-corrected chi connectivity index (χ4v) is 2.63. The zero-order valence-corrected chi connectivity index (χ0v) is 14.9. The number of nitro benzene ring substituents is 1. The first-order chi connectivity index (χ1) is 12.3. The molecule has 0 aromatic heterocycles. The number of hydrogen-bond acceptors (Lipinski definition) is 5. The van der Waals surface area contributed by atoms with Gasteiger partial charge >= 0.3 is 5.97 Å². The molecule has 0 saturated heterocycles. The number of nitro groups is 1. The highest BCUT2D eigenvalue weighted by Crippen LogP contribution is 2.22. The minimum atomic E-state index is -0.811. The summed E-state index contributed by atoms with van der Waals surface area (Å²) in [6.45, 7) is 2.82. The van der Waals surface area contributed by atoms with Gasteiger partial charge in [0.25, 0.3) is 11.6 Å². The molecule has 0 radical (unpaired) electrons. The number of esters is 1. The molecule has 2 aromatic rings. The van der Waals surface area contributed by atoms with Crippen LogP contribution >= 0.6 is 11.6 Å². The number of nitrogens with zero attached hydrogens (tertiary/aromatic N) is 1. The van der Waals surface area contributed by atoms with Gasteiger partial charge in [-0.25, -0.2) is 4.79 Å². The maximum Gasteiger partial charge on any atom is 0.338 e. The summed E-state index contributed by atoms with van der Waals surface area (Å²) < 4.78 is 4.92. The number of carbonyl (C=O) groups excluding carboxylic acids is 2. The predicted molar refractivity (Wildman–Crippen MR) is 96.1 cm³/mol. The van der Waals surface area contributed by atoms with Crippen LogP contribution in [0.5, 0.6) is 0 Å². The van der Waals surface area contributed by atoms with E-state index in [1.807, 2.05) is 0 Å². The molecule has 0 aliphatic carbocycles. The Balaban J connectivity index is 1.95. The lowest BCUT2D eigenvalue weighted by Gasteiger charge is -2.15. The van der Waals surface area contributed by atoms with Gasteiger partial charge in [0.15, 0.2) is 6.61 Å². The van der Waals surface area contributed by atoms with Gasteiger partial charge in [0.05, 0.1) is 16.5 Å². The van der Waals surface area contributed by atoms with Gasteiger partial charge in [-0.05, 0) is 31.5 Å². The van der Waals surface area contributed by atoms with Crippen molar-refractivity contribution in [1.29, 1.82) is 0 Å². The number of ether oxygens (including phenoxy) is 1. The minimum Gasteiger partial charge on any atom is -0.452 e. The van der Waals surface area contributed by atoms with E-state index in [0.717, 1.165) is 11.6 Å². The van der Waals surface area contributed by atoms with Gasteiger partial charge in [0.1, 0.15) is 0 Å². The molecule has 2 rings (SSSR count). The first-order valence-electron chi connectivity index (χ1n) is 7.75. The lowest BCUT2D eigenvalue weighted by molar-refractivity contribution is -0.385. The Labute approximate surface area is 155 Å². The van der Waals surface area contributed by atoms with Crippen molar-refractivity contribution >= 4 is 29.2 Å². The summed E-state index contributed by atoms with van der Waals surface area (Å²) >= 11 is 6.07. The summed E-state index contributed by atoms with van der Waals surface area (Å²) in [6, 6.07) is 10.7. The average Bonchev–Trinajstić information content (AvgIpc) is 2.60. The van der Waals surface area contributed by atoms with E-state index in [2.05, 4.69) is 5.32 Å². The summed E-state index contributed by atoms with van der Waals surface area (Å²) in [5, 5.41) is 14.1. The maximum absolute atomic E-state index is 12.0. The molecule has 26 heavy (non-hydrogen) atoms. The van der Waals surface area contributed by atoms with Crippen LogP contribution in [0.4, 0.5) is 5.69 Å². The van der Waals surface area contributed by atoms with Crippen LogP contribution in [0.2, 0.25) is 5.02 Å². The van der Waals surface area contributed by atoms with Crippen LogP contribution in [0, 0.1) is 17.0 Å². The minimum absolute atomic E-state index is 0.00857. The summed E-state index contributed by atoms with van der Waals surface area (Å²) in [5.41, 5.74) is 0.992. The average molecular weight is 377 g/mol. The summed E-state index contributed by atoms with van der Waals surface area (Å²) in [5.74, 6) is -1.32. The number of benzene rings is 2. The van der Waals surface area contributed by atoms with Crippen molar-refractivity contribution in [2.24, 2.45) is 0 Å². The molecule has 0 saturated carbocycles. The van der Waals surface area contributed by atoms with Crippen LogP contribution in [0.3, 0.4) is 0 Å². The van der Waals surface area contributed by atoms with E-state index in [9.17, 15) is 19.7 Å². The van der Waals surface area contributed by atoms with Crippen molar-refractivity contribution in [1.82, 2.24) is 5.32 Å². The molecule has 0 aliphatic heterocycles. The summed E-state index contributed by atoms with van der Waals surface area (Å²) in [4.78, 5) is 34.3. The van der Waals surface area contributed by atoms with Crippen molar-refractivity contribution in [3.63, 3.8) is 0 Å². The van der Waals surface area contributed by atoms with Crippen LogP contribution in [0.25, 0.3) is 0 Å². The molecule has 1 amide bonds. The number of hydrogen-bond donors (Lipinski definition) is 1. The van der Waals surface area contributed by atoms with Gasteiger partial charge in [0.2, 0.25) is 0 Å². The van der Waals surface area contributed by atoms with Crippen molar-refractivity contribution in [2.75, 3.05) is 6.61 Å². The number of carbonyl (C=O) groups is 2. The lowest BCUT2D eigenvalue weighted by atomic mass is 10.1. The van der Waals surface area contributed by atoms with Crippen molar-refractivity contribution in [3.8, 4) is 0 Å². The fourth-order valence-electron chi connectivity index (χ4n) is 2.33. The second kappa shape index (κ2) is 8.44. The SMILES string of the molecule is Cc1ccc(C(=O)OCC(=O)N[C@H](C)c2ccccc2Cl)cc1[N+](=O)[O-]. The Bertz CT molecular complexity index is 853. The number of aryl methyl sites for hydroxylation is 1. The molecule has 0 aliphatic rings. The first-order valence-corrected chi connectivity index (χ1v) is 8.13. The molecule has 0 bridgehead atoms. The van der Waals surface area contributed by atoms with E-state index >= 15 is 0 Å². The van der Waals surface area contributed by atoms with Crippen molar-refractivity contribution in [3.05, 3.63) is 74.3 Å². The Morgan fingerprint density at radius 3 is 2.62 bits per heavy atom. The number of amides is 1. The monoisotopic (exact) mass is 376 g/mol. The molecular weight excluding hydrogens is 360 g/mol. The Kier molecular flexibility index (Phi) is 6.30. The highest BCUT2D eigenvalue weighted by molar-refractivity contribution is 6.31. The van der Waals surface area contributed by atoms with E-state index in [-0.39, 0.29) is 17.3 Å². The fraction of sp³-hybridized carbons (Fsp3) is 0.222. The van der Waals surface area contributed by atoms with Gasteiger partial charge in [-0.1, -0.05) is 35.9 Å². The van der Waals surface area contributed by atoms with Gasteiger partial charge in [-0.15, -0.1) is 0 Å². The molecule has 8 heteroatoms. The molecular formula is C18H17ClN2O5. The van der Waals surface area contributed by atoms with E-state index in [4.69, 9.17) is 16.3 Å². The van der Waals surface area contributed by atoms with Gasteiger partial charge < -0.3 is 10.1 Å². The normalized spacial score (nSPS) is 11.5. The third kappa shape index (κ3) is 4.80. The number of rotatable bonds is 6. The molecule has 0 spiro atoms. The Morgan fingerprint density at radius 1 is 1.27 bits per heavy atom. The summed E-state index contributed by atoms with van der Waals surface area (Å²) in [6.07, 6.45) is 0. The van der Waals surface area contributed by atoms with Gasteiger partial charge in [0, 0.05) is 16.7 Å². The highest BCUT2D eigenvalue weighted by Gasteiger charge is 2.18. The number of nitrogens with one attached hydrogen (secondary N) is 1. The van der Waals surface area contributed by atoms with E-state index in [1.54, 1.807) is 38.1 Å². The van der Waals surface area contributed by atoms with Crippen molar-refractivity contribution < 1.29 is 19.2 Å². The molecule has 0 heterocycles. The quantitative estimate of drug-likeness (QED) is 0.472. The van der Waals surface area contributed by atoms with Crippen molar-refractivity contribution in [2.45, 2.75) is 19.9 Å². The second-order valence-electron chi connectivity index (χ2n) is 5.65. The largest absolute Gasteiger partial charge is 0.452 e. The van der Waals surface area contributed by atoms with Crippen LogP contribution in [-0.4, -0.2) is 23.4 Å². The maximum atomic E-state index is 12.0. The molecule has 2 aromatic carbocycles. The van der Waals surface area contributed by atoms with Gasteiger partial charge in [-0.3, -0.25) is 14.9 Å². The van der Waals surface area contributed by atoms with Crippen LogP contribution in [-0.2, 0) is 9.53 Å². The van der Waals surface area contributed by atoms with E-state index in [1.165, 1.54) is 12.1 Å². The molecule has 0 unspecified atom stereocenters. The predicted octanol–water partition coefficient (Wildman–Crippen LogP) is 3.59. The van der Waals surface area contributed by atoms with Crippen LogP contribution in [0.1, 0.15) is 34.5 Å². The summed E-state index contributed by atoms with van der Waals surface area (Å²) in [7, 11) is 0. The Hall–Kier alpha value is -2.93. The van der Waals surface area contributed by atoms with Crippen LogP contribution < -0.4 is 5.32 Å². The highest BCUT2D eigenvalue weighted by atomic mass is 35.5. The first kappa shape index (κ1) is 19.4. The zero-order chi connectivity index (χ0) is 19.3. The molecule has 1 atom stereocenters. The Morgan fingerprint density at radius 2 is 1.96 bits per heavy atom. The zero-order valence-electron chi connectivity index (χ0n) is 14.2. The van der Waals surface area contributed by atoms with Gasteiger partial charge in [-0.2, -0.15) is 0 Å². The third-order valence-electron chi connectivity index (χ3n) is 3.73. The molecule has 136 valence electrons. The van der Waals surface area contributed by atoms with Crippen LogP contribution in [0.15, 0.2) is 42.5 Å². The molecule has 0 fully saturated rings. The lowest BCUT2D eigenvalue weighted by Crippen LogP contribution is -2.31. The number of halogens is 1. The standard InChI is InChI=1S/C18H17ClN2O5/c1-11-7-8-13(9-16(11)21(24)25)18(23)26-10-17(22)20-12(2)14-5-3-4-6-15(14)19/h3-9,12H,10H2,1-2H3,(H,20,22)/t12-/m1/s1. The topological polar surface area (TPSA) is 98.5 Å². The third-order valence-corrected chi connectivity index (χ3v) is 4.07. The van der Waals surface area contributed by atoms with E-state index in [0.29, 0.717) is 10.6 Å².